The number of hydrogen-bond donors (Lipinski definition) is 1. The van der Waals surface area contributed by atoms with E-state index in [0.29, 0.717) is 24.2 Å². The first-order chi connectivity index (χ1) is 10.4. The molecular formula is C17H20FN3O. The number of nitrogens with zero attached hydrogens (tertiary/aromatic N) is 2. The highest BCUT2D eigenvalue weighted by atomic mass is 19.1. The first-order valence-corrected chi connectivity index (χ1v) is 7.46. The first-order valence-electron chi connectivity index (χ1n) is 7.46. The standard InChI is InChI=1S/C17H20FN3O/c1-17(2,3)21-10-11(8-15(21)22)16-19-9-14(20-16)12-6-4-5-7-13(12)18/h4-7,9,11H,8,10H2,1-3H3,(H,19,20). The van der Waals surface area contributed by atoms with E-state index in [1.807, 2.05) is 25.7 Å². The Hall–Kier alpha value is -2.17. The van der Waals surface area contributed by atoms with E-state index in [0.717, 1.165) is 5.82 Å². The van der Waals surface area contributed by atoms with Crippen LogP contribution in [-0.4, -0.2) is 32.9 Å². The molecule has 0 bridgehead atoms. The number of carbonyl (C=O) groups excluding carboxylic acids is 1. The zero-order valence-corrected chi connectivity index (χ0v) is 13.1. The monoisotopic (exact) mass is 301 g/mol. The Kier molecular flexibility index (Phi) is 3.51. The Morgan fingerprint density at radius 3 is 2.68 bits per heavy atom. The Balaban J connectivity index is 1.84. The molecule has 4 nitrogen and oxygen atoms in total. The van der Waals surface area contributed by atoms with E-state index in [2.05, 4.69) is 9.97 Å². The van der Waals surface area contributed by atoms with Crippen LogP contribution in [0.5, 0.6) is 0 Å². The molecule has 1 unspecified atom stereocenters. The van der Waals surface area contributed by atoms with Crippen LogP contribution >= 0.6 is 0 Å². The summed E-state index contributed by atoms with van der Waals surface area (Å²) in [6.45, 7) is 6.73. The minimum Gasteiger partial charge on any atom is -0.342 e. The van der Waals surface area contributed by atoms with Crippen molar-refractivity contribution in [3.8, 4) is 11.3 Å². The van der Waals surface area contributed by atoms with Gasteiger partial charge in [0.2, 0.25) is 5.91 Å². The van der Waals surface area contributed by atoms with Crippen molar-refractivity contribution >= 4 is 5.91 Å². The number of amides is 1. The summed E-state index contributed by atoms with van der Waals surface area (Å²) in [7, 11) is 0. The Bertz CT molecular complexity index is 702. The number of hydrogen-bond acceptors (Lipinski definition) is 2. The molecule has 5 heteroatoms. The second-order valence-electron chi connectivity index (χ2n) is 6.74. The van der Waals surface area contributed by atoms with Gasteiger partial charge in [0.15, 0.2) is 0 Å². The van der Waals surface area contributed by atoms with Gasteiger partial charge in [0, 0.05) is 30.0 Å². The molecule has 2 aromatic rings. The highest BCUT2D eigenvalue weighted by molar-refractivity contribution is 5.80. The van der Waals surface area contributed by atoms with Gasteiger partial charge in [-0.15, -0.1) is 0 Å². The molecule has 1 atom stereocenters. The molecule has 3 rings (SSSR count). The molecule has 1 saturated heterocycles. The van der Waals surface area contributed by atoms with Gasteiger partial charge >= 0.3 is 0 Å². The van der Waals surface area contributed by atoms with Crippen LogP contribution in [0.3, 0.4) is 0 Å². The Labute approximate surface area is 129 Å². The lowest BCUT2D eigenvalue weighted by molar-refractivity contribution is -0.131. The molecular weight excluding hydrogens is 281 g/mol. The van der Waals surface area contributed by atoms with E-state index in [-0.39, 0.29) is 23.2 Å². The molecule has 22 heavy (non-hydrogen) atoms. The first kappa shape index (κ1) is 14.8. The largest absolute Gasteiger partial charge is 0.342 e. The number of nitrogens with one attached hydrogen (secondary N) is 1. The normalized spacial score (nSPS) is 19.0. The van der Waals surface area contributed by atoms with Crippen LogP contribution in [0.4, 0.5) is 4.39 Å². The maximum atomic E-state index is 13.8. The van der Waals surface area contributed by atoms with Crippen LogP contribution in [0.25, 0.3) is 11.3 Å². The van der Waals surface area contributed by atoms with Gasteiger partial charge in [-0.25, -0.2) is 9.37 Å². The number of benzene rings is 1. The van der Waals surface area contributed by atoms with E-state index in [1.165, 1.54) is 6.07 Å². The van der Waals surface area contributed by atoms with E-state index >= 15 is 0 Å². The molecule has 1 fully saturated rings. The quantitative estimate of drug-likeness (QED) is 0.925. The molecule has 1 aromatic heterocycles. The fourth-order valence-electron chi connectivity index (χ4n) is 2.90. The van der Waals surface area contributed by atoms with Crippen molar-refractivity contribution in [3.05, 3.63) is 42.1 Å². The minimum atomic E-state index is -0.281. The zero-order chi connectivity index (χ0) is 15.9. The van der Waals surface area contributed by atoms with Crippen molar-refractivity contribution in [2.24, 2.45) is 0 Å². The third kappa shape index (κ3) is 2.63. The van der Waals surface area contributed by atoms with Gasteiger partial charge in [0.25, 0.3) is 0 Å². The van der Waals surface area contributed by atoms with Crippen LogP contribution < -0.4 is 0 Å². The number of halogens is 1. The van der Waals surface area contributed by atoms with E-state index in [4.69, 9.17) is 0 Å². The lowest BCUT2D eigenvalue weighted by Gasteiger charge is -2.31. The van der Waals surface area contributed by atoms with Gasteiger partial charge in [-0.3, -0.25) is 4.79 Å². The SMILES string of the molecule is CC(C)(C)N1CC(c2ncc(-c3ccccc3F)[nH]2)CC1=O. The fraction of sp³-hybridized carbons (Fsp3) is 0.412. The summed E-state index contributed by atoms with van der Waals surface area (Å²) in [4.78, 5) is 21.6. The van der Waals surface area contributed by atoms with E-state index in [9.17, 15) is 9.18 Å². The topological polar surface area (TPSA) is 49.0 Å². The van der Waals surface area contributed by atoms with Crippen LogP contribution in [0.2, 0.25) is 0 Å². The average Bonchev–Trinajstić information content (AvgIpc) is 3.05. The summed E-state index contributed by atoms with van der Waals surface area (Å²) in [5, 5.41) is 0. The summed E-state index contributed by atoms with van der Waals surface area (Å²) in [6.07, 6.45) is 2.08. The van der Waals surface area contributed by atoms with Gasteiger partial charge < -0.3 is 9.88 Å². The molecule has 116 valence electrons. The smallest absolute Gasteiger partial charge is 0.223 e. The minimum absolute atomic E-state index is 0.0345. The maximum Gasteiger partial charge on any atom is 0.223 e. The van der Waals surface area contributed by atoms with Crippen molar-refractivity contribution in [2.75, 3.05) is 6.54 Å². The molecule has 0 radical (unpaired) electrons. The number of aromatic amines is 1. The van der Waals surface area contributed by atoms with E-state index < -0.39 is 0 Å². The Morgan fingerprint density at radius 2 is 2.05 bits per heavy atom. The summed E-state index contributed by atoms with van der Waals surface area (Å²) in [5.74, 6) is 0.642. The second-order valence-corrected chi connectivity index (χ2v) is 6.74. The van der Waals surface area contributed by atoms with Gasteiger partial charge in [-0.1, -0.05) is 12.1 Å². The average molecular weight is 301 g/mol. The summed E-state index contributed by atoms with van der Waals surface area (Å²) in [6, 6.07) is 6.59. The summed E-state index contributed by atoms with van der Waals surface area (Å²) >= 11 is 0. The van der Waals surface area contributed by atoms with Crippen molar-refractivity contribution < 1.29 is 9.18 Å². The summed E-state index contributed by atoms with van der Waals surface area (Å²) in [5.41, 5.74) is 0.959. The van der Waals surface area contributed by atoms with Crippen LogP contribution in [0, 0.1) is 5.82 Å². The van der Waals surface area contributed by atoms with Crippen molar-refractivity contribution in [2.45, 2.75) is 38.6 Å². The lowest BCUT2D eigenvalue weighted by atomic mass is 10.1. The highest BCUT2D eigenvalue weighted by Crippen LogP contribution is 2.32. The highest BCUT2D eigenvalue weighted by Gasteiger charge is 2.38. The molecule has 1 aliphatic heterocycles. The number of H-pyrrole nitrogens is 1. The predicted molar refractivity (Wildman–Crippen MR) is 82.8 cm³/mol. The zero-order valence-electron chi connectivity index (χ0n) is 13.1. The molecule has 0 spiro atoms. The molecule has 0 aliphatic carbocycles. The van der Waals surface area contributed by atoms with E-state index in [1.54, 1.807) is 24.4 Å². The number of aromatic nitrogens is 2. The maximum absolute atomic E-state index is 13.8. The molecule has 1 N–H and O–H groups in total. The van der Waals surface area contributed by atoms with Gasteiger partial charge in [-0.05, 0) is 32.9 Å². The predicted octanol–water partition coefficient (Wildman–Crippen LogP) is 3.33. The van der Waals surface area contributed by atoms with Crippen LogP contribution in [0.1, 0.15) is 38.9 Å². The molecule has 1 aliphatic rings. The van der Waals surface area contributed by atoms with Crippen LogP contribution in [-0.2, 0) is 4.79 Å². The number of rotatable bonds is 2. The molecule has 2 heterocycles. The van der Waals surface area contributed by atoms with Crippen molar-refractivity contribution in [1.82, 2.24) is 14.9 Å². The molecule has 1 aromatic carbocycles. The third-order valence-corrected chi connectivity index (χ3v) is 4.08. The third-order valence-electron chi connectivity index (χ3n) is 4.08. The van der Waals surface area contributed by atoms with Gasteiger partial charge in [-0.2, -0.15) is 0 Å². The molecule has 1 amide bonds. The number of likely N-dealkylation sites (tertiary alicyclic amines) is 1. The number of carbonyl (C=O) groups is 1. The summed E-state index contributed by atoms with van der Waals surface area (Å²) < 4.78 is 13.8. The van der Waals surface area contributed by atoms with Crippen molar-refractivity contribution in [3.63, 3.8) is 0 Å². The Morgan fingerprint density at radius 1 is 1.32 bits per heavy atom. The van der Waals surface area contributed by atoms with Crippen LogP contribution in [0.15, 0.2) is 30.5 Å². The lowest BCUT2D eigenvalue weighted by Crippen LogP contribution is -2.42. The molecule has 0 saturated carbocycles. The second kappa shape index (κ2) is 5.23. The van der Waals surface area contributed by atoms with Gasteiger partial charge in [0.1, 0.15) is 11.6 Å². The fourth-order valence-corrected chi connectivity index (χ4v) is 2.90. The van der Waals surface area contributed by atoms with Crippen molar-refractivity contribution in [1.29, 1.82) is 0 Å². The van der Waals surface area contributed by atoms with Gasteiger partial charge in [0.05, 0.1) is 11.9 Å². The number of imidazole rings is 1.